The first-order chi connectivity index (χ1) is 34.0. The van der Waals surface area contributed by atoms with Gasteiger partial charge in [0, 0.05) is 32.0 Å². The van der Waals surface area contributed by atoms with Crippen molar-refractivity contribution in [2.75, 3.05) is 39.3 Å². The normalized spacial score (nSPS) is 16.8. The Labute approximate surface area is 474 Å². The molecule has 0 saturated heterocycles. The third kappa shape index (κ3) is 40.0. The van der Waals surface area contributed by atoms with Gasteiger partial charge in [-0.2, -0.15) is 0 Å². The number of hydrogen-bond donors (Lipinski definition) is 6. The molecule has 0 aliphatic rings. The van der Waals surface area contributed by atoms with Gasteiger partial charge in [-0.05, 0) is 219 Å². The molecule has 0 aliphatic carbocycles. The van der Waals surface area contributed by atoms with Crippen molar-refractivity contribution in [2.24, 2.45) is 23.7 Å². The van der Waals surface area contributed by atoms with Crippen molar-refractivity contribution in [3.05, 3.63) is 0 Å². The molecule has 27 heteroatoms. The van der Waals surface area contributed by atoms with Crippen LogP contribution in [0.4, 0.5) is 0 Å². The highest BCUT2D eigenvalue weighted by atomic mass is 28.5. The standard InChI is InChI=1S/C49H116N4O13Si10/c1-42(40-75(23,62-69(9,10)11)65-73(19,20)60-67(3,4)5)38-50-30-27-31-53-48(57)44(37-47(55)56)28-25-34-71(15,16)64-72(17,18)35-26-29-45(49(58)59)36-46(54)52-33-32-51-39-43(2)41-76(24,63-70(12,13)14)66-74(21,22)61-68(6,7)8/h42-45,50-51H,25-41H2,1-24H3,(H,52,54)(H,53,57)(H,55,56)(H,58,59). The molecule has 6 unspecified atom stereocenters. The van der Waals surface area contributed by atoms with Crippen LogP contribution in [0, 0.1) is 23.7 Å². The Morgan fingerprint density at radius 2 is 0.829 bits per heavy atom. The molecule has 17 nitrogen and oxygen atoms in total. The predicted octanol–water partition coefficient (Wildman–Crippen LogP) is 11.2. The van der Waals surface area contributed by atoms with Crippen LogP contribution in [0.3, 0.4) is 0 Å². The maximum absolute atomic E-state index is 13.3. The van der Waals surface area contributed by atoms with E-state index in [9.17, 15) is 29.4 Å². The summed E-state index contributed by atoms with van der Waals surface area (Å²) in [6, 6.07) is 3.21. The van der Waals surface area contributed by atoms with Crippen molar-refractivity contribution >= 4 is 108 Å². The lowest BCUT2D eigenvalue weighted by Crippen LogP contribution is -2.57. The lowest BCUT2D eigenvalue weighted by atomic mass is 9.99. The molecule has 6 atom stereocenters. The van der Waals surface area contributed by atoms with E-state index in [1.165, 1.54) is 0 Å². The first-order valence-electron chi connectivity index (χ1n) is 28.4. The van der Waals surface area contributed by atoms with Crippen molar-refractivity contribution in [1.82, 2.24) is 21.3 Å². The Kier molecular flexibility index (Phi) is 32.4. The SMILES string of the molecule is CC(CNCCCNC(=O)C(CCC[Si](C)(C)O[Si](C)(C)CCCC(CC(=O)NCCNCC(C)C[Si](C)(O[Si](C)(C)C)O[Si](C)(C)O[Si](C)(C)C)C(=O)O)CC(=O)O)C[Si](C)(O[Si](C)(C)C)O[Si](C)(C)O[Si](C)(C)C. The Hall–Kier alpha value is -0.311. The number of carbonyl (C=O) groups excluding carboxylic acids is 2. The number of aliphatic carboxylic acids is 2. The molecule has 0 aromatic carbocycles. The van der Waals surface area contributed by atoms with Crippen LogP contribution in [0.5, 0.6) is 0 Å². The van der Waals surface area contributed by atoms with Crippen molar-refractivity contribution in [3.8, 4) is 0 Å². The average Bonchev–Trinajstić information content (AvgIpc) is 3.12. The van der Waals surface area contributed by atoms with Gasteiger partial charge in [-0.25, -0.2) is 0 Å². The predicted molar refractivity (Wildman–Crippen MR) is 338 cm³/mol. The van der Waals surface area contributed by atoms with Crippen LogP contribution in [-0.2, 0) is 48.0 Å². The van der Waals surface area contributed by atoms with Crippen LogP contribution in [0.1, 0.15) is 58.8 Å². The maximum Gasteiger partial charge on any atom is 0.316 e. The first kappa shape index (κ1) is 75.7. The smallest absolute Gasteiger partial charge is 0.316 e. The first-order valence-corrected chi connectivity index (χ1v) is 58.9. The average molecular weight is 1250 g/mol. The quantitative estimate of drug-likeness (QED) is 0.0247. The van der Waals surface area contributed by atoms with Crippen molar-refractivity contribution in [2.45, 2.75) is 227 Å². The molecule has 0 aromatic rings. The number of nitrogens with one attached hydrogen (secondary N) is 4. The second-order valence-corrected chi connectivity index (χ2v) is 69.7. The molecule has 0 fully saturated rings. The van der Waals surface area contributed by atoms with E-state index in [2.05, 4.69) is 179 Å². The van der Waals surface area contributed by atoms with Gasteiger partial charge in [0.05, 0.1) is 12.3 Å². The van der Waals surface area contributed by atoms with Gasteiger partial charge in [-0.3, -0.25) is 19.2 Å². The van der Waals surface area contributed by atoms with Crippen LogP contribution >= 0.6 is 0 Å². The molecule has 2 amide bonds. The van der Waals surface area contributed by atoms with Gasteiger partial charge < -0.3 is 60.3 Å². The minimum absolute atomic E-state index is 0.0770. The molecule has 0 heterocycles. The van der Waals surface area contributed by atoms with E-state index in [1.54, 1.807) is 0 Å². The Bertz CT molecular complexity index is 1760. The van der Waals surface area contributed by atoms with Gasteiger partial charge >= 0.3 is 46.2 Å². The molecule has 0 aliphatic heterocycles. The van der Waals surface area contributed by atoms with Gasteiger partial charge in [-0.15, -0.1) is 0 Å². The molecule has 0 saturated carbocycles. The molecular weight excluding hydrogens is 1130 g/mol. The fourth-order valence-corrected chi connectivity index (χ4v) is 56.3. The van der Waals surface area contributed by atoms with E-state index >= 15 is 0 Å². The second kappa shape index (κ2) is 32.5. The summed E-state index contributed by atoms with van der Waals surface area (Å²) >= 11 is 0. The summed E-state index contributed by atoms with van der Waals surface area (Å²) in [5.41, 5.74) is 0. The zero-order chi connectivity index (χ0) is 59.4. The monoisotopic (exact) mass is 1250 g/mol. The van der Waals surface area contributed by atoms with Crippen LogP contribution < -0.4 is 21.3 Å². The number of carboxylic acid groups (broad SMARTS) is 2. The van der Waals surface area contributed by atoms with E-state index < -0.39 is 108 Å². The van der Waals surface area contributed by atoms with E-state index in [4.69, 9.17) is 28.8 Å². The van der Waals surface area contributed by atoms with Gasteiger partial charge in [-0.1, -0.05) is 26.7 Å². The fraction of sp³-hybridized carbons (Fsp3) is 0.918. The summed E-state index contributed by atoms with van der Waals surface area (Å²) in [4.78, 5) is 50.3. The van der Waals surface area contributed by atoms with Crippen LogP contribution in [0.15, 0.2) is 0 Å². The highest BCUT2D eigenvalue weighted by molar-refractivity contribution is 6.90. The summed E-state index contributed by atoms with van der Waals surface area (Å²) in [6.45, 7) is 56.0. The molecule has 0 aromatic heterocycles. The van der Waals surface area contributed by atoms with Gasteiger partial charge in [0.25, 0.3) is 0 Å². The number of amides is 2. The number of carbonyl (C=O) groups is 4. The molecule has 0 bridgehead atoms. The largest absolute Gasteiger partial charge is 0.481 e. The summed E-state index contributed by atoms with van der Waals surface area (Å²) in [6.07, 6.45) is 2.57. The van der Waals surface area contributed by atoms with Crippen molar-refractivity contribution in [3.63, 3.8) is 0 Å². The van der Waals surface area contributed by atoms with Crippen LogP contribution in [-0.4, -0.2) is 157 Å². The van der Waals surface area contributed by atoms with Crippen LogP contribution in [0.2, 0.25) is 168 Å². The Balaban J connectivity index is 5.00. The summed E-state index contributed by atoms with van der Waals surface area (Å²) in [5, 5.41) is 32.6. The Morgan fingerprint density at radius 1 is 0.434 bits per heavy atom. The third-order valence-corrected chi connectivity index (χ3v) is 46.7. The van der Waals surface area contributed by atoms with Gasteiger partial charge in [0.2, 0.25) is 11.8 Å². The molecule has 0 radical (unpaired) electrons. The zero-order valence-electron chi connectivity index (χ0n) is 52.7. The Morgan fingerprint density at radius 3 is 1.21 bits per heavy atom. The number of hydrogen-bond acceptors (Lipinski definition) is 13. The lowest BCUT2D eigenvalue weighted by molar-refractivity contribution is -0.144. The van der Waals surface area contributed by atoms with Crippen molar-refractivity contribution < 1.29 is 58.2 Å². The third-order valence-electron chi connectivity index (χ3n) is 11.7. The molecule has 6 N–H and O–H groups in total. The topological polar surface area (TPSA) is 221 Å². The maximum atomic E-state index is 13.3. The minimum atomic E-state index is -2.56. The van der Waals surface area contributed by atoms with E-state index in [0.717, 1.165) is 37.3 Å². The summed E-state index contributed by atoms with van der Waals surface area (Å²) in [5.74, 6) is -3.28. The van der Waals surface area contributed by atoms with Gasteiger partial charge in [0.1, 0.15) is 0 Å². The zero-order valence-corrected chi connectivity index (χ0v) is 62.7. The molecule has 0 rings (SSSR count). The number of rotatable bonds is 43. The second-order valence-electron chi connectivity index (χ2n) is 28.1. The molecule has 76 heavy (non-hydrogen) atoms. The summed E-state index contributed by atoms with van der Waals surface area (Å²) in [7, 11) is -21.6. The molecule has 450 valence electrons. The number of carboxylic acids is 2. The molecular formula is C49H116N4O13Si10. The fourth-order valence-electron chi connectivity index (χ4n) is 10.6. The van der Waals surface area contributed by atoms with Gasteiger partial charge in [0.15, 0.2) is 49.9 Å². The molecule has 0 spiro atoms. The summed E-state index contributed by atoms with van der Waals surface area (Å²) < 4.78 is 47.2. The minimum Gasteiger partial charge on any atom is -0.481 e. The van der Waals surface area contributed by atoms with Crippen molar-refractivity contribution in [1.29, 1.82) is 0 Å². The van der Waals surface area contributed by atoms with E-state index in [1.807, 2.05) is 0 Å². The van der Waals surface area contributed by atoms with Crippen LogP contribution in [0.25, 0.3) is 0 Å². The lowest BCUT2D eigenvalue weighted by Gasteiger charge is -2.42. The highest BCUT2D eigenvalue weighted by Crippen LogP contribution is 2.32. The highest BCUT2D eigenvalue weighted by Gasteiger charge is 2.47. The van der Waals surface area contributed by atoms with E-state index in [0.29, 0.717) is 64.2 Å². The van der Waals surface area contributed by atoms with E-state index in [-0.39, 0.29) is 30.6 Å².